The maximum Gasteiger partial charge on any atom is 0.317 e. The van der Waals surface area contributed by atoms with Crippen LogP contribution >= 0.6 is 0 Å². The van der Waals surface area contributed by atoms with E-state index >= 15 is 0 Å². The molecule has 0 aliphatic carbocycles. The molecule has 0 spiro atoms. The first-order valence-electron chi connectivity index (χ1n) is 8.23. The van der Waals surface area contributed by atoms with Crippen molar-refractivity contribution < 1.29 is 14.6 Å². The van der Waals surface area contributed by atoms with Gasteiger partial charge in [0.2, 0.25) is 0 Å². The van der Waals surface area contributed by atoms with Gasteiger partial charge >= 0.3 is 6.03 Å². The number of aliphatic hydroxyl groups excluding tert-OH is 1. The molecule has 2 aromatic rings. The Hall–Kier alpha value is -2.53. The van der Waals surface area contributed by atoms with Gasteiger partial charge in [-0.3, -0.25) is 0 Å². The number of carbonyl (C=O) groups is 1. The smallest absolute Gasteiger partial charge is 0.317 e. The Morgan fingerprint density at radius 1 is 1.04 bits per heavy atom. The third-order valence-electron chi connectivity index (χ3n) is 4.10. The lowest BCUT2D eigenvalue weighted by Gasteiger charge is -2.29. The van der Waals surface area contributed by atoms with Gasteiger partial charge in [-0.2, -0.15) is 0 Å². The Morgan fingerprint density at radius 2 is 1.67 bits per heavy atom. The minimum atomic E-state index is -0.272. The second kappa shape index (κ2) is 7.84. The van der Waals surface area contributed by atoms with E-state index in [0.717, 1.165) is 17.1 Å². The van der Waals surface area contributed by atoms with E-state index in [-0.39, 0.29) is 12.1 Å². The molecule has 2 N–H and O–H groups in total. The van der Waals surface area contributed by atoms with E-state index in [4.69, 9.17) is 4.74 Å². The molecule has 2 amide bonds. The summed E-state index contributed by atoms with van der Waals surface area (Å²) in [7, 11) is 0. The number of urea groups is 1. The number of para-hydroxylation sites is 1. The van der Waals surface area contributed by atoms with Crippen molar-refractivity contribution >= 4 is 6.03 Å². The van der Waals surface area contributed by atoms with E-state index in [1.54, 1.807) is 4.90 Å². The number of amides is 2. The zero-order valence-corrected chi connectivity index (χ0v) is 13.5. The lowest BCUT2D eigenvalue weighted by Crippen LogP contribution is -2.45. The molecule has 1 saturated heterocycles. The highest BCUT2D eigenvalue weighted by atomic mass is 16.5. The van der Waals surface area contributed by atoms with E-state index < -0.39 is 0 Å². The standard InChI is InChI=1S/C19H22N2O3/c22-16-10-12-21(13-11-16)19(23)20-14-15-6-8-18(9-7-15)24-17-4-2-1-3-5-17/h1-9,16,22H,10-14H2,(H,20,23). The van der Waals surface area contributed by atoms with Gasteiger partial charge < -0.3 is 20.1 Å². The van der Waals surface area contributed by atoms with Crippen LogP contribution in [0.5, 0.6) is 11.5 Å². The number of hydrogen-bond donors (Lipinski definition) is 2. The van der Waals surface area contributed by atoms with Gasteiger partial charge in [0, 0.05) is 19.6 Å². The Kier molecular flexibility index (Phi) is 5.33. The van der Waals surface area contributed by atoms with Crippen LogP contribution in [0, 0.1) is 0 Å². The summed E-state index contributed by atoms with van der Waals surface area (Å²) in [5.74, 6) is 1.56. The fourth-order valence-corrected chi connectivity index (χ4v) is 2.66. The number of benzene rings is 2. The van der Waals surface area contributed by atoms with Gasteiger partial charge in [0.05, 0.1) is 6.10 Å². The molecule has 0 bridgehead atoms. The molecule has 2 aromatic carbocycles. The van der Waals surface area contributed by atoms with Gasteiger partial charge in [0.15, 0.2) is 0 Å². The van der Waals surface area contributed by atoms with E-state index in [0.29, 0.717) is 32.5 Å². The molecule has 1 heterocycles. The van der Waals surface area contributed by atoms with Crippen molar-refractivity contribution in [2.75, 3.05) is 13.1 Å². The summed E-state index contributed by atoms with van der Waals surface area (Å²) in [5.41, 5.74) is 1.01. The van der Waals surface area contributed by atoms with Gasteiger partial charge in [-0.15, -0.1) is 0 Å². The summed E-state index contributed by atoms with van der Waals surface area (Å²) < 4.78 is 5.74. The van der Waals surface area contributed by atoms with Crippen molar-refractivity contribution in [2.24, 2.45) is 0 Å². The fraction of sp³-hybridized carbons (Fsp3) is 0.316. The van der Waals surface area contributed by atoms with E-state index in [2.05, 4.69) is 5.32 Å². The summed E-state index contributed by atoms with van der Waals surface area (Å²) >= 11 is 0. The van der Waals surface area contributed by atoms with Gasteiger partial charge in [-0.05, 0) is 42.7 Å². The van der Waals surface area contributed by atoms with E-state index in [1.807, 2.05) is 54.6 Å². The lowest BCUT2D eigenvalue weighted by atomic mass is 10.1. The molecular weight excluding hydrogens is 304 g/mol. The highest BCUT2D eigenvalue weighted by Crippen LogP contribution is 2.21. The molecule has 0 unspecified atom stereocenters. The molecule has 1 fully saturated rings. The highest BCUT2D eigenvalue weighted by Gasteiger charge is 2.20. The maximum atomic E-state index is 12.1. The molecule has 0 radical (unpaired) electrons. The number of carbonyl (C=O) groups excluding carboxylic acids is 1. The topological polar surface area (TPSA) is 61.8 Å². The summed E-state index contributed by atoms with van der Waals surface area (Å²) in [6, 6.07) is 17.2. The first-order chi connectivity index (χ1) is 11.7. The maximum absolute atomic E-state index is 12.1. The normalized spacial score (nSPS) is 15.1. The molecular formula is C19H22N2O3. The van der Waals surface area contributed by atoms with Crippen LogP contribution in [0.3, 0.4) is 0 Å². The summed E-state index contributed by atoms with van der Waals surface area (Å²) in [4.78, 5) is 13.8. The van der Waals surface area contributed by atoms with Crippen LogP contribution in [0.1, 0.15) is 18.4 Å². The third-order valence-corrected chi connectivity index (χ3v) is 4.10. The first kappa shape index (κ1) is 16.3. The van der Waals surface area contributed by atoms with Crippen LogP contribution in [0.15, 0.2) is 54.6 Å². The number of likely N-dealkylation sites (tertiary alicyclic amines) is 1. The van der Waals surface area contributed by atoms with Crippen molar-refractivity contribution in [3.05, 3.63) is 60.2 Å². The average Bonchev–Trinajstić information content (AvgIpc) is 2.62. The molecule has 5 nitrogen and oxygen atoms in total. The molecule has 3 rings (SSSR count). The van der Waals surface area contributed by atoms with Crippen LogP contribution in [0.4, 0.5) is 4.79 Å². The van der Waals surface area contributed by atoms with Crippen molar-refractivity contribution in [3.8, 4) is 11.5 Å². The number of aliphatic hydroxyl groups is 1. The largest absolute Gasteiger partial charge is 0.457 e. The minimum absolute atomic E-state index is 0.0773. The van der Waals surface area contributed by atoms with Crippen LogP contribution in [0.2, 0.25) is 0 Å². The van der Waals surface area contributed by atoms with Gasteiger partial charge in [0.25, 0.3) is 0 Å². The third kappa shape index (κ3) is 4.49. The van der Waals surface area contributed by atoms with Crippen LogP contribution in [-0.2, 0) is 6.54 Å². The highest BCUT2D eigenvalue weighted by molar-refractivity contribution is 5.74. The molecule has 0 saturated carbocycles. The van der Waals surface area contributed by atoms with Gasteiger partial charge in [0.1, 0.15) is 11.5 Å². The van der Waals surface area contributed by atoms with Crippen molar-refractivity contribution in [2.45, 2.75) is 25.5 Å². The molecule has 126 valence electrons. The minimum Gasteiger partial charge on any atom is -0.457 e. The predicted octanol–water partition coefficient (Wildman–Crippen LogP) is 3.15. The molecule has 1 aliphatic heterocycles. The number of hydrogen-bond acceptors (Lipinski definition) is 3. The molecule has 1 aliphatic rings. The van der Waals surface area contributed by atoms with Gasteiger partial charge in [-0.25, -0.2) is 4.79 Å². The number of ether oxygens (including phenoxy) is 1. The second-order valence-corrected chi connectivity index (χ2v) is 5.94. The summed E-state index contributed by atoms with van der Waals surface area (Å²) in [6.07, 6.45) is 1.03. The Balaban J connectivity index is 1.48. The van der Waals surface area contributed by atoms with Crippen LogP contribution < -0.4 is 10.1 Å². The van der Waals surface area contributed by atoms with E-state index in [1.165, 1.54) is 0 Å². The Bertz CT molecular complexity index is 650. The van der Waals surface area contributed by atoms with Crippen LogP contribution in [0.25, 0.3) is 0 Å². The monoisotopic (exact) mass is 326 g/mol. The second-order valence-electron chi connectivity index (χ2n) is 5.94. The number of piperidine rings is 1. The van der Waals surface area contributed by atoms with Crippen molar-refractivity contribution in [3.63, 3.8) is 0 Å². The SMILES string of the molecule is O=C(NCc1ccc(Oc2ccccc2)cc1)N1CCC(O)CC1. The predicted molar refractivity (Wildman–Crippen MR) is 92.0 cm³/mol. The fourth-order valence-electron chi connectivity index (χ4n) is 2.66. The number of nitrogens with one attached hydrogen (secondary N) is 1. The first-order valence-corrected chi connectivity index (χ1v) is 8.23. The van der Waals surface area contributed by atoms with Gasteiger partial charge in [-0.1, -0.05) is 30.3 Å². The van der Waals surface area contributed by atoms with E-state index in [9.17, 15) is 9.90 Å². The quantitative estimate of drug-likeness (QED) is 0.907. The van der Waals surface area contributed by atoms with Crippen molar-refractivity contribution in [1.29, 1.82) is 0 Å². The Labute approximate surface area is 141 Å². The Morgan fingerprint density at radius 3 is 2.33 bits per heavy atom. The van der Waals surface area contributed by atoms with Crippen molar-refractivity contribution in [1.82, 2.24) is 10.2 Å². The average molecular weight is 326 g/mol. The number of rotatable bonds is 4. The molecule has 0 atom stereocenters. The lowest BCUT2D eigenvalue weighted by molar-refractivity contribution is 0.0936. The summed E-state index contributed by atoms with van der Waals surface area (Å²) in [6.45, 7) is 1.69. The molecule has 0 aromatic heterocycles. The summed E-state index contributed by atoms with van der Waals surface area (Å²) in [5, 5.41) is 12.4. The number of nitrogens with zero attached hydrogens (tertiary/aromatic N) is 1. The molecule has 5 heteroatoms. The van der Waals surface area contributed by atoms with Crippen LogP contribution in [-0.4, -0.2) is 35.2 Å². The zero-order valence-electron chi connectivity index (χ0n) is 13.5. The molecule has 24 heavy (non-hydrogen) atoms. The zero-order chi connectivity index (χ0) is 16.8.